The second-order valence-corrected chi connectivity index (χ2v) is 5.17. The SMILES string of the molecule is O=C(O)CC(C(=O)N1CCCC1)c1ccc(Cl)cc1. The van der Waals surface area contributed by atoms with Crippen LogP contribution in [0.5, 0.6) is 0 Å². The minimum Gasteiger partial charge on any atom is -0.481 e. The van der Waals surface area contributed by atoms with E-state index < -0.39 is 11.9 Å². The van der Waals surface area contributed by atoms with E-state index in [1.54, 1.807) is 29.2 Å². The summed E-state index contributed by atoms with van der Waals surface area (Å²) in [6, 6.07) is 6.82. The average molecular weight is 282 g/mol. The third-order valence-corrected chi connectivity index (χ3v) is 3.62. The van der Waals surface area contributed by atoms with Crippen molar-refractivity contribution in [1.29, 1.82) is 0 Å². The number of carboxylic acids is 1. The van der Waals surface area contributed by atoms with Gasteiger partial charge in [0.05, 0.1) is 12.3 Å². The molecule has 0 aromatic heterocycles. The summed E-state index contributed by atoms with van der Waals surface area (Å²) in [6.07, 6.45) is 1.80. The second-order valence-electron chi connectivity index (χ2n) is 4.73. The molecule has 1 N–H and O–H groups in total. The Bertz CT molecular complexity index is 466. The van der Waals surface area contributed by atoms with Crippen molar-refractivity contribution in [1.82, 2.24) is 4.90 Å². The maximum absolute atomic E-state index is 12.4. The number of benzene rings is 1. The Morgan fingerprint density at radius 3 is 2.32 bits per heavy atom. The number of hydrogen-bond acceptors (Lipinski definition) is 2. The van der Waals surface area contributed by atoms with Crippen molar-refractivity contribution in [2.45, 2.75) is 25.2 Å². The molecular formula is C14H16ClNO3. The van der Waals surface area contributed by atoms with Gasteiger partial charge in [0.15, 0.2) is 0 Å². The maximum Gasteiger partial charge on any atom is 0.304 e. The second kappa shape index (κ2) is 6.06. The van der Waals surface area contributed by atoms with Crippen molar-refractivity contribution >= 4 is 23.5 Å². The van der Waals surface area contributed by atoms with Crippen LogP contribution in [0.3, 0.4) is 0 Å². The van der Waals surface area contributed by atoms with E-state index in [4.69, 9.17) is 16.7 Å². The molecule has 0 radical (unpaired) electrons. The lowest BCUT2D eigenvalue weighted by Crippen LogP contribution is -2.33. The molecule has 0 saturated carbocycles. The Morgan fingerprint density at radius 1 is 1.21 bits per heavy atom. The van der Waals surface area contributed by atoms with Crippen LogP contribution in [0.4, 0.5) is 0 Å². The highest BCUT2D eigenvalue weighted by Crippen LogP contribution is 2.25. The molecule has 1 aliphatic rings. The van der Waals surface area contributed by atoms with Gasteiger partial charge in [-0.3, -0.25) is 9.59 Å². The predicted molar refractivity (Wildman–Crippen MR) is 72.3 cm³/mol. The number of halogens is 1. The Morgan fingerprint density at radius 2 is 1.79 bits per heavy atom. The smallest absolute Gasteiger partial charge is 0.304 e. The van der Waals surface area contributed by atoms with E-state index >= 15 is 0 Å². The zero-order valence-corrected chi connectivity index (χ0v) is 11.3. The molecule has 102 valence electrons. The number of carbonyl (C=O) groups excluding carboxylic acids is 1. The highest BCUT2D eigenvalue weighted by atomic mass is 35.5. The van der Waals surface area contributed by atoms with Gasteiger partial charge in [-0.15, -0.1) is 0 Å². The van der Waals surface area contributed by atoms with Gasteiger partial charge in [-0.1, -0.05) is 23.7 Å². The Labute approximate surface area is 117 Å². The average Bonchev–Trinajstić information content (AvgIpc) is 2.90. The van der Waals surface area contributed by atoms with Gasteiger partial charge in [-0.25, -0.2) is 0 Å². The molecule has 0 aliphatic carbocycles. The van der Waals surface area contributed by atoms with Gasteiger partial charge in [0, 0.05) is 18.1 Å². The lowest BCUT2D eigenvalue weighted by atomic mass is 9.94. The van der Waals surface area contributed by atoms with Gasteiger partial charge < -0.3 is 10.0 Å². The number of likely N-dealkylation sites (tertiary alicyclic amines) is 1. The van der Waals surface area contributed by atoms with Crippen LogP contribution in [0.1, 0.15) is 30.7 Å². The molecule has 1 atom stereocenters. The number of amides is 1. The summed E-state index contributed by atoms with van der Waals surface area (Å²) in [5.74, 6) is -1.68. The van der Waals surface area contributed by atoms with Crippen molar-refractivity contribution in [3.05, 3.63) is 34.9 Å². The summed E-state index contributed by atoms with van der Waals surface area (Å²) < 4.78 is 0. The highest BCUT2D eigenvalue weighted by Gasteiger charge is 2.29. The van der Waals surface area contributed by atoms with E-state index in [0.717, 1.165) is 25.9 Å². The van der Waals surface area contributed by atoms with Crippen LogP contribution in [-0.4, -0.2) is 35.0 Å². The van der Waals surface area contributed by atoms with Crippen LogP contribution in [0.2, 0.25) is 5.02 Å². The van der Waals surface area contributed by atoms with E-state index in [2.05, 4.69) is 0 Å². The molecule has 19 heavy (non-hydrogen) atoms. The quantitative estimate of drug-likeness (QED) is 0.922. The van der Waals surface area contributed by atoms with Gasteiger partial charge in [0.25, 0.3) is 0 Å². The van der Waals surface area contributed by atoms with E-state index in [-0.39, 0.29) is 12.3 Å². The molecule has 0 spiro atoms. The first-order chi connectivity index (χ1) is 9.08. The van der Waals surface area contributed by atoms with Gasteiger partial charge in [0.1, 0.15) is 0 Å². The van der Waals surface area contributed by atoms with E-state index in [9.17, 15) is 9.59 Å². The van der Waals surface area contributed by atoms with Crippen LogP contribution in [-0.2, 0) is 9.59 Å². The number of aliphatic carboxylic acids is 1. The van der Waals surface area contributed by atoms with Crippen LogP contribution in [0.15, 0.2) is 24.3 Å². The summed E-state index contributed by atoms with van der Waals surface area (Å²) in [6.45, 7) is 1.45. The largest absolute Gasteiger partial charge is 0.481 e. The first kappa shape index (κ1) is 13.9. The number of carbonyl (C=O) groups is 2. The predicted octanol–water partition coefficient (Wildman–Crippen LogP) is 2.52. The van der Waals surface area contributed by atoms with Crippen LogP contribution < -0.4 is 0 Å². The molecule has 1 fully saturated rings. The van der Waals surface area contributed by atoms with Crippen molar-refractivity contribution in [3.63, 3.8) is 0 Å². The molecule has 1 saturated heterocycles. The van der Waals surface area contributed by atoms with Gasteiger partial charge in [-0.2, -0.15) is 0 Å². The molecule has 1 aromatic carbocycles. The molecular weight excluding hydrogens is 266 g/mol. The fourth-order valence-corrected chi connectivity index (χ4v) is 2.50. The number of carboxylic acid groups (broad SMARTS) is 1. The standard InChI is InChI=1S/C14H16ClNO3/c15-11-5-3-10(4-6-11)12(9-13(17)18)14(19)16-7-1-2-8-16/h3-6,12H,1-2,7-9H2,(H,17,18). The lowest BCUT2D eigenvalue weighted by Gasteiger charge is -2.22. The number of nitrogens with zero attached hydrogens (tertiary/aromatic N) is 1. The summed E-state index contributed by atoms with van der Waals surface area (Å²) in [5, 5.41) is 9.57. The molecule has 5 heteroatoms. The summed E-state index contributed by atoms with van der Waals surface area (Å²) >= 11 is 5.82. The van der Waals surface area contributed by atoms with Gasteiger partial charge in [-0.05, 0) is 30.5 Å². The Kier molecular flexibility index (Phi) is 4.43. The van der Waals surface area contributed by atoms with Gasteiger partial charge in [0.2, 0.25) is 5.91 Å². The Hall–Kier alpha value is -1.55. The molecule has 1 unspecified atom stereocenters. The molecule has 1 amide bonds. The van der Waals surface area contributed by atoms with Crippen molar-refractivity contribution in [2.24, 2.45) is 0 Å². The number of rotatable bonds is 4. The maximum atomic E-state index is 12.4. The molecule has 1 aliphatic heterocycles. The fraction of sp³-hybridized carbons (Fsp3) is 0.429. The van der Waals surface area contributed by atoms with Gasteiger partial charge >= 0.3 is 5.97 Å². The molecule has 2 rings (SSSR count). The molecule has 1 heterocycles. The fourth-order valence-electron chi connectivity index (χ4n) is 2.38. The summed E-state index contributed by atoms with van der Waals surface area (Å²) in [4.78, 5) is 25.1. The first-order valence-electron chi connectivity index (χ1n) is 6.34. The topological polar surface area (TPSA) is 57.6 Å². The van der Waals surface area contributed by atoms with Crippen molar-refractivity contribution < 1.29 is 14.7 Å². The zero-order valence-electron chi connectivity index (χ0n) is 10.5. The Balaban J connectivity index is 2.21. The van der Waals surface area contributed by atoms with E-state index in [1.807, 2.05) is 0 Å². The molecule has 1 aromatic rings. The lowest BCUT2D eigenvalue weighted by molar-refractivity contribution is -0.141. The highest BCUT2D eigenvalue weighted by molar-refractivity contribution is 6.30. The van der Waals surface area contributed by atoms with Crippen LogP contribution >= 0.6 is 11.6 Å². The number of hydrogen-bond donors (Lipinski definition) is 1. The third-order valence-electron chi connectivity index (χ3n) is 3.37. The summed E-state index contributed by atoms with van der Waals surface area (Å²) in [5.41, 5.74) is 0.712. The van der Waals surface area contributed by atoms with Crippen molar-refractivity contribution in [3.8, 4) is 0 Å². The third kappa shape index (κ3) is 3.47. The minimum absolute atomic E-state index is 0.0952. The molecule has 4 nitrogen and oxygen atoms in total. The van der Waals surface area contributed by atoms with Crippen LogP contribution in [0.25, 0.3) is 0 Å². The van der Waals surface area contributed by atoms with Crippen LogP contribution in [0, 0.1) is 0 Å². The zero-order chi connectivity index (χ0) is 13.8. The monoisotopic (exact) mass is 281 g/mol. The minimum atomic E-state index is -0.965. The summed E-state index contributed by atoms with van der Waals surface area (Å²) in [7, 11) is 0. The normalized spacial score (nSPS) is 16.4. The van der Waals surface area contributed by atoms with Crippen molar-refractivity contribution in [2.75, 3.05) is 13.1 Å². The first-order valence-corrected chi connectivity index (χ1v) is 6.72. The van der Waals surface area contributed by atoms with E-state index in [0.29, 0.717) is 10.6 Å². The van der Waals surface area contributed by atoms with E-state index in [1.165, 1.54) is 0 Å². The molecule has 0 bridgehead atoms.